The molecule has 8 heteroatoms. The van der Waals surface area contributed by atoms with Crippen LogP contribution in [-0.2, 0) is 20.5 Å². The van der Waals surface area contributed by atoms with E-state index in [4.69, 9.17) is 9.47 Å². The standard InChI is InChI=1S/C20H20F3NO4/c1-13(2)14-7-3-6-10-17(14)27-12-19(26)28-11-18(25)24-16-9-5-4-8-15(16)20(21,22)23/h3-10,13H,11-12H2,1-2H3,(H,24,25). The van der Waals surface area contributed by atoms with E-state index in [0.29, 0.717) is 5.75 Å². The van der Waals surface area contributed by atoms with Crippen LogP contribution in [0.1, 0.15) is 30.9 Å². The van der Waals surface area contributed by atoms with E-state index in [1.165, 1.54) is 12.1 Å². The number of alkyl halides is 3. The van der Waals surface area contributed by atoms with Crippen LogP contribution in [0.4, 0.5) is 18.9 Å². The molecule has 5 nitrogen and oxygen atoms in total. The molecule has 1 amide bonds. The summed E-state index contributed by atoms with van der Waals surface area (Å²) in [4.78, 5) is 23.6. The summed E-state index contributed by atoms with van der Waals surface area (Å²) in [5.41, 5.74) is -0.474. The summed E-state index contributed by atoms with van der Waals surface area (Å²) in [5, 5.41) is 2.09. The van der Waals surface area contributed by atoms with Crippen LogP contribution in [-0.4, -0.2) is 25.1 Å². The fourth-order valence-electron chi connectivity index (χ4n) is 2.44. The lowest BCUT2D eigenvalue weighted by atomic mass is 10.0. The minimum atomic E-state index is -4.61. The summed E-state index contributed by atoms with van der Waals surface area (Å²) in [6, 6.07) is 11.7. The number of hydrogen-bond acceptors (Lipinski definition) is 4. The second-order valence-electron chi connectivity index (χ2n) is 6.23. The van der Waals surface area contributed by atoms with Crippen molar-refractivity contribution in [1.82, 2.24) is 0 Å². The van der Waals surface area contributed by atoms with Gasteiger partial charge in [-0.2, -0.15) is 13.2 Å². The molecule has 0 atom stereocenters. The number of carbonyl (C=O) groups is 2. The number of para-hydroxylation sites is 2. The highest BCUT2D eigenvalue weighted by molar-refractivity contribution is 5.93. The van der Waals surface area contributed by atoms with Gasteiger partial charge in [-0.1, -0.05) is 44.2 Å². The van der Waals surface area contributed by atoms with Gasteiger partial charge < -0.3 is 14.8 Å². The van der Waals surface area contributed by atoms with E-state index >= 15 is 0 Å². The summed E-state index contributed by atoms with van der Waals surface area (Å²) in [6.45, 7) is 2.81. The van der Waals surface area contributed by atoms with Crippen LogP contribution in [0, 0.1) is 0 Å². The molecule has 2 aromatic rings. The largest absolute Gasteiger partial charge is 0.482 e. The smallest absolute Gasteiger partial charge is 0.418 e. The Labute approximate surface area is 160 Å². The van der Waals surface area contributed by atoms with Gasteiger partial charge in [0.05, 0.1) is 11.3 Å². The number of esters is 1. The predicted molar refractivity (Wildman–Crippen MR) is 97.1 cm³/mol. The van der Waals surface area contributed by atoms with Crippen molar-refractivity contribution >= 4 is 17.6 Å². The van der Waals surface area contributed by atoms with Crippen LogP contribution in [0.2, 0.25) is 0 Å². The van der Waals surface area contributed by atoms with Gasteiger partial charge in [-0.05, 0) is 29.7 Å². The van der Waals surface area contributed by atoms with Gasteiger partial charge >= 0.3 is 12.1 Å². The minimum Gasteiger partial charge on any atom is -0.482 e. The molecule has 28 heavy (non-hydrogen) atoms. The maximum atomic E-state index is 12.9. The van der Waals surface area contributed by atoms with E-state index in [-0.39, 0.29) is 5.92 Å². The average Bonchev–Trinajstić information content (AvgIpc) is 2.64. The Morgan fingerprint density at radius 2 is 1.64 bits per heavy atom. The van der Waals surface area contributed by atoms with Gasteiger partial charge in [0.25, 0.3) is 5.91 Å². The van der Waals surface area contributed by atoms with Crippen LogP contribution in [0.25, 0.3) is 0 Å². The molecule has 2 aromatic carbocycles. The molecule has 0 bridgehead atoms. The molecule has 0 spiro atoms. The third kappa shape index (κ3) is 6.00. The maximum absolute atomic E-state index is 12.9. The predicted octanol–water partition coefficient (Wildman–Crippen LogP) is 4.39. The second-order valence-corrected chi connectivity index (χ2v) is 6.23. The Morgan fingerprint density at radius 3 is 2.32 bits per heavy atom. The molecule has 0 aromatic heterocycles. The van der Waals surface area contributed by atoms with E-state index in [0.717, 1.165) is 17.7 Å². The van der Waals surface area contributed by atoms with Crippen molar-refractivity contribution in [1.29, 1.82) is 0 Å². The third-order valence-electron chi connectivity index (χ3n) is 3.76. The maximum Gasteiger partial charge on any atom is 0.418 e. The summed E-state index contributed by atoms with van der Waals surface area (Å²) < 4.78 is 48.9. The number of benzene rings is 2. The molecular formula is C20H20F3NO4. The quantitative estimate of drug-likeness (QED) is 0.707. The molecule has 0 radical (unpaired) electrons. The fraction of sp³-hybridized carbons (Fsp3) is 0.300. The fourth-order valence-corrected chi connectivity index (χ4v) is 2.44. The van der Waals surface area contributed by atoms with Crippen molar-refractivity contribution in [2.24, 2.45) is 0 Å². The number of ether oxygens (including phenoxy) is 2. The molecule has 0 fully saturated rings. The molecule has 0 saturated carbocycles. The number of carbonyl (C=O) groups excluding carboxylic acids is 2. The molecule has 0 aliphatic carbocycles. The number of amides is 1. The Balaban J connectivity index is 1.86. The van der Waals surface area contributed by atoms with Gasteiger partial charge in [0, 0.05) is 0 Å². The highest BCUT2D eigenvalue weighted by atomic mass is 19.4. The first-order chi connectivity index (χ1) is 13.2. The summed E-state index contributed by atoms with van der Waals surface area (Å²) in [6.07, 6.45) is -4.61. The zero-order valence-corrected chi connectivity index (χ0v) is 15.4. The van der Waals surface area contributed by atoms with Crippen LogP contribution >= 0.6 is 0 Å². The lowest BCUT2D eigenvalue weighted by Gasteiger charge is -2.14. The lowest BCUT2D eigenvalue weighted by Crippen LogP contribution is -2.25. The zero-order valence-electron chi connectivity index (χ0n) is 15.4. The molecule has 2 rings (SSSR count). The van der Waals surface area contributed by atoms with E-state index < -0.39 is 42.5 Å². The van der Waals surface area contributed by atoms with Crippen molar-refractivity contribution in [3.05, 3.63) is 59.7 Å². The molecular weight excluding hydrogens is 375 g/mol. The summed E-state index contributed by atoms with van der Waals surface area (Å²) >= 11 is 0. The highest BCUT2D eigenvalue weighted by Crippen LogP contribution is 2.34. The molecule has 0 aliphatic rings. The molecule has 150 valence electrons. The molecule has 0 saturated heterocycles. The van der Waals surface area contributed by atoms with Crippen molar-refractivity contribution in [2.75, 3.05) is 18.5 Å². The highest BCUT2D eigenvalue weighted by Gasteiger charge is 2.33. The van der Waals surface area contributed by atoms with Crippen LogP contribution < -0.4 is 10.1 Å². The topological polar surface area (TPSA) is 64.6 Å². The number of halogens is 3. The Kier molecular flexibility index (Phi) is 7.03. The monoisotopic (exact) mass is 395 g/mol. The van der Waals surface area contributed by atoms with Crippen molar-refractivity contribution in [3.8, 4) is 5.75 Å². The number of anilines is 1. The molecule has 0 aliphatic heterocycles. The van der Waals surface area contributed by atoms with E-state index in [1.807, 2.05) is 26.0 Å². The van der Waals surface area contributed by atoms with Crippen LogP contribution in [0.15, 0.2) is 48.5 Å². The molecule has 0 unspecified atom stereocenters. The van der Waals surface area contributed by atoms with Gasteiger partial charge in [0.1, 0.15) is 5.75 Å². The number of hydrogen-bond donors (Lipinski definition) is 1. The van der Waals surface area contributed by atoms with Crippen LogP contribution in [0.3, 0.4) is 0 Å². The first kappa shape index (κ1) is 21.3. The summed E-state index contributed by atoms with van der Waals surface area (Å²) in [5.74, 6) is -0.977. The van der Waals surface area contributed by atoms with E-state index in [9.17, 15) is 22.8 Å². The number of nitrogens with one attached hydrogen (secondary N) is 1. The van der Waals surface area contributed by atoms with E-state index in [1.54, 1.807) is 12.1 Å². The van der Waals surface area contributed by atoms with Crippen LogP contribution in [0.5, 0.6) is 5.75 Å². The Bertz CT molecular complexity index is 834. The SMILES string of the molecule is CC(C)c1ccccc1OCC(=O)OCC(=O)Nc1ccccc1C(F)(F)F. The first-order valence-electron chi connectivity index (χ1n) is 8.52. The van der Waals surface area contributed by atoms with Crippen molar-refractivity contribution < 1.29 is 32.2 Å². The van der Waals surface area contributed by atoms with E-state index in [2.05, 4.69) is 5.32 Å². The Hall–Kier alpha value is -3.03. The third-order valence-corrected chi connectivity index (χ3v) is 3.76. The number of rotatable bonds is 7. The average molecular weight is 395 g/mol. The summed E-state index contributed by atoms with van der Waals surface area (Å²) in [7, 11) is 0. The van der Waals surface area contributed by atoms with Gasteiger partial charge in [0.15, 0.2) is 13.2 Å². The van der Waals surface area contributed by atoms with Gasteiger partial charge in [-0.3, -0.25) is 4.79 Å². The second kappa shape index (κ2) is 9.25. The van der Waals surface area contributed by atoms with Gasteiger partial charge in [-0.25, -0.2) is 4.79 Å². The molecule has 0 heterocycles. The Morgan fingerprint density at radius 1 is 1.00 bits per heavy atom. The van der Waals surface area contributed by atoms with Crippen molar-refractivity contribution in [2.45, 2.75) is 25.9 Å². The van der Waals surface area contributed by atoms with Gasteiger partial charge in [-0.15, -0.1) is 0 Å². The normalized spacial score (nSPS) is 11.2. The van der Waals surface area contributed by atoms with Gasteiger partial charge in [0.2, 0.25) is 0 Å². The first-order valence-corrected chi connectivity index (χ1v) is 8.52. The van der Waals surface area contributed by atoms with Crippen molar-refractivity contribution in [3.63, 3.8) is 0 Å². The zero-order chi connectivity index (χ0) is 20.7. The minimum absolute atomic E-state index is 0.187. The lowest BCUT2D eigenvalue weighted by molar-refractivity contribution is -0.149. The molecule has 1 N–H and O–H groups in total.